The number of para-hydroxylation sites is 1. The summed E-state index contributed by atoms with van der Waals surface area (Å²) in [6.07, 6.45) is 1.53. The van der Waals surface area contributed by atoms with Gasteiger partial charge in [-0.3, -0.25) is 9.59 Å². The first-order valence-electron chi connectivity index (χ1n) is 8.72. The van der Waals surface area contributed by atoms with Crippen molar-refractivity contribution in [2.75, 3.05) is 6.54 Å². The number of benzene rings is 2. The van der Waals surface area contributed by atoms with Crippen LogP contribution in [0.15, 0.2) is 47.3 Å². The summed E-state index contributed by atoms with van der Waals surface area (Å²) in [6, 6.07) is 9.75. The highest BCUT2D eigenvalue weighted by molar-refractivity contribution is 5.94. The Morgan fingerprint density at radius 1 is 1.19 bits per heavy atom. The van der Waals surface area contributed by atoms with Crippen molar-refractivity contribution in [2.24, 2.45) is 0 Å². The number of unbranched alkanes of at least 4 members (excludes halogenated alkanes) is 1. The van der Waals surface area contributed by atoms with Gasteiger partial charge in [-0.1, -0.05) is 25.5 Å². The third-order valence-corrected chi connectivity index (χ3v) is 4.23. The molecule has 5 nitrogen and oxygen atoms in total. The van der Waals surface area contributed by atoms with Crippen LogP contribution in [0.4, 0.5) is 8.78 Å². The van der Waals surface area contributed by atoms with E-state index in [1.54, 1.807) is 24.3 Å². The molecule has 0 aliphatic heterocycles. The Balaban J connectivity index is 1.93. The number of H-pyrrole nitrogens is 1. The number of rotatable bonds is 6. The van der Waals surface area contributed by atoms with Crippen LogP contribution < -0.4 is 5.56 Å². The molecule has 1 heterocycles. The Hall–Kier alpha value is -3.09. The van der Waals surface area contributed by atoms with Crippen molar-refractivity contribution in [1.29, 1.82) is 0 Å². The van der Waals surface area contributed by atoms with Crippen LogP contribution in [-0.2, 0) is 6.54 Å². The number of nitrogens with zero attached hydrogens (tertiary/aromatic N) is 2. The van der Waals surface area contributed by atoms with E-state index in [1.807, 2.05) is 6.92 Å². The number of nitrogens with one attached hydrogen (secondary N) is 1. The maximum atomic E-state index is 14.0. The molecule has 140 valence electrons. The Labute approximate surface area is 154 Å². The Bertz CT molecular complexity index is 1030. The number of fused-ring (bicyclic) bond motifs is 1. The van der Waals surface area contributed by atoms with Gasteiger partial charge in [0, 0.05) is 12.6 Å². The lowest BCUT2D eigenvalue weighted by molar-refractivity contribution is 0.0731. The molecule has 0 spiro atoms. The Kier molecular flexibility index (Phi) is 5.59. The molecule has 0 bridgehead atoms. The average molecular weight is 371 g/mol. The molecule has 0 unspecified atom stereocenters. The van der Waals surface area contributed by atoms with Gasteiger partial charge in [-0.05, 0) is 30.7 Å². The Morgan fingerprint density at radius 2 is 1.96 bits per heavy atom. The van der Waals surface area contributed by atoms with E-state index in [-0.39, 0.29) is 17.7 Å². The van der Waals surface area contributed by atoms with E-state index in [2.05, 4.69) is 9.97 Å². The van der Waals surface area contributed by atoms with Gasteiger partial charge in [-0.2, -0.15) is 0 Å². The van der Waals surface area contributed by atoms with E-state index in [1.165, 1.54) is 4.90 Å². The second-order valence-electron chi connectivity index (χ2n) is 6.23. The van der Waals surface area contributed by atoms with Crippen LogP contribution in [0.25, 0.3) is 10.9 Å². The fraction of sp³-hybridized carbons (Fsp3) is 0.250. The molecule has 0 atom stereocenters. The van der Waals surface area contributed by atoms with E-state index >= 15 is 0 Å². The average Bonchev–Trinajstić information content (AvgIpc) is 2.64. The van der Waals surface area contributed by atoms with Crippen LogP contribution in [-0.4, -0.2) is 27.3 Å². The summed E-state index contributed by atoms with van der Waals surface area (Å²) in [5, 5.41) is 0.456. The van der Waals surface area contributed by atoms with Gasteiger partial charge in [0.1, 0.15) is 17.5 Å². The van der Waals surface area contributed by atoms with Crippen molar-refractivity contribution in [2.45, 2.75) is 26.3 Å². The van der Waals surface area contributed by atoms with Crippen LogP contribution in [0.1, 0.15) is 35.9 Å². The molecule has 0 aliphatic carbocycles. The highest BCUT2D eigenvalue weighted by Gasteiger charge is 2.21. The number of aromatic nitrogens is 2. The largest absolute Gasteiger partial charge is 0.331 e. The number of carbonyl (C=O) groups excluding carboxylic acids is 1. The van der Waals surface area contributed by atoms with Crippen molar-refractivity contribution in [3.63, 3.8) is 0 Å². The van der Waals surface area contributed by atoms with Crippen molar-refractivity contribution in [3.8, 4) is 0 Å². The van der Waals surface area contributed by atoms with Gasteiger partial charge < -0.3 is 9.88 Å². The molecule has 27 heavy (non-hydrogen) atoms. The molecule has 0 saturated heterocycles. The highest BCUT2D eigenvalue weighted by Crippen LogP contribution is 2.15. The third-order valence-electron chi connectivity index (χ3n) is 4.23. The number of hydrogen-bond donors (Lipinski definition) is 1. The van der Waals surface area contributed by atoms with Crippen LogP contribution in [0.5, 0.6) is 0 Å². The normalized spacial score (nSPS) is 10.9. The predicted molar refractivity (Wildman–Crippen MR) is 98.4 cm³/mol. The van der Waals surface area contributed by atoms with Crippen LogP contribution in [0.3, 0.4) is 0 Å². The minimum Gasteiger partial charge on any atom is -0.331 e. The summed E-state index contributed by atoms with van der Waals surface area (Å²) in [4.78, 5) is 33.5. The van der Waals surface area contributed by atoms with Gasteiger partial charge in [-0.15, -0.1) is 0 Å². The van der Waals surface area contributed by atoms with Crippen molar-refractivity contribution in [1.82, 2.24) is 14.9 Å². The molecular weight excluding hydrogens is 352 g/mol. The number of hydrogen-bond acceptors (Lipinski definition) is 3. The van der Waals surface area contributed by atoms with Crippen LogP contribution in [0, 0.1) is 11.6 Å². The molecule has 0 aliphatic rings. The minimum absolute atomic E-state index is 0.0235. The zero-order chi connectivity index (χ0) is 19.4. The van der Waals surface area contributed by atoms with Gasteiger partial charge in [0.25, 0.3) is 11.5 Å². The Morgan fingerprint density at radius 3 is 2.70 bits per heavy atom. The fourth-order valence-electron chi connectivity index (χ4n) is 2.83. The van der Waals surface area contributed by atoms with Gasteiger partial charge in [-0.25, -0.2) is 13.8 Å². The summed E-state index contributed by atoms with van der Waals surface area (Å²) in [7, 11) is 0. The lowest BCUT2D eigenvalue weighted by atomic mass is 10.1. The van der Waals surface area contributed by atoms with Crippen LogP contribution >= 0.6 is 0 Å². The smallest absolute Gasteiger partial charge is 0.258 e. The highest BCUT2D eigenvalue weighted by atomic mass is 19.1. The maximum Gasteiger partial charge on any atom is 0.258 e. The standard InChI is InChI=1S/C20H19F2N3O2/c1-2-3-10-25(20(27)14-9-8-13(21)11-16(14)22)12-18-23-17-7-5-4-6-15(17)19(26)24-18/h4-9,11H,2-3,10,12H2,1H3,(H,23,24,26). The summed E-state index contributed by atoms with van der Waals surface area (Å²) in [5.41, 5.74) is 0.00851. The minimum atomic E-state index is -0.915. The zero-order valence-corrected chi connectivity index (χ0v) is 14.8. The summed E-state index contributed by atoms with van der Waals surface area (Å²) < 4.78 is 27.2. The molecule has 1 aromatic heterocycles. The van der Waals surface area contributed by atoms with Crippen molar-refractivity contribution < 1.29 is 13.6 Å². The first-order chi connectivity index (χ1) is 13.0. The molecule has 0 fully saturated rings. The number of halogens is 2. The number of amides is 1. The molecular formula is C20H19F2N3O2. The SMILES string of the molecule is CCCCN(Cc1nc2ccccc2c(=O)[nH]1)C(=O)c1ccc(F)cc1F. The fourth-order valence-corrected chi connectivity index (χ4v) is 2.83. The molecule has 1 amide bonds. The van der Waals surface area contributed by atoms with E-state index in [0.29, 0.717) is 35.8 Å². The lowest BCUT2D eigenvalue weighted by Crippen LogP contribution is -2.33. The van der Waals surface area contributed by atoms with Gasteiger partial charge in [0.15, 0.2) is 0 Å². The van der Waals surface area contributed by atoms with E-state index in [4.69, 9.17) is 0 Å². The van der Waals surface area contributed by atoms with Gasteiger partial charge in [0.05, 0.1) is 23.0 Å². The summed E-state index contributed by atoms with van der Waals surface area (Å²) >= 11 is 0. The van der Waals surface area contributed by atoms with Gasteiger partial charge in [0.2, 0.25) is 0 Å². The summed E-state index contributed by atoms with van der Waals surface area (Å²) in [6.45, 7) is 2.36. The first-order valence-corrected chi connectivity index (χ1v) is 8.72. The first kappa shape index (κ1) is 18.7. The molecule has 7 heteroatoms. The molecule has 1 N–H and O–H groups in total. The lowest BCUT2D eigenvalue weighted by Gasteiger charge is -2.22. The second kappa shape index (κ2) is 8.07. The van der Waals surface area contributed by atoms with Crippen molar-refractivity contribution >= 4 is 16.8 Å². The topological polar surface area (TPSA) is 66.1 Å². The van der Waals surface area contributed by atoms with Crippen LogP contribution in [0.2, 0.25) is 0 Å². The molecule has 3 aromatic rings. The molecule has 3 rings (SSSR count). The van der Waals surface area contributed by atoms with E-state index < -0.39 is 17.5 Å². The predicted octanol–water partition coefficient (Wildman–Crippen LogP) is 3.64. The molecule has 0 radical (unpaired) electrons. The number of carbonyl (C=O) groups is 1. The van der Waals surface area contributed by atoms with E-state index in [0.717, 1.165) is 18.6 Å². The zero-order valence-electron chi connectivity index (χ0n) is 14.8. The number of aromatic amines is 1. The third kappa shape index (κ3) is 4.19. The second-order valence-corrected chi connectivity index (χ2v) is 6.23. The van der Waals surface area contributed by atoms with E-state index in [9.17, 15) is 18.4 Å². The quantitative estimate of drug-likeness (QED) is 0.719. The molecule has 2 aromatic carbocycles. The monoisotopic (exact) mass is 371 g/mol. The summed E-state index contributed by atoms with van der Waals surface area (Å²) in [5.74, 6) is -1.92. The maximum absolute atomic E-state index is 14.0. The molecule has 0 saturated carbocycles. The van der Waals surface area contributed by atoms with Crippen molar-refractivity contribution in [3.05, 3.63) is 75.8 Å². The van der Waals surface area contributed by atoms with Gasteiger partial charge >= 0.3 is 0 Å².